The lowest BCUT2D eigenvalue weighted by atomic mass is 10.1. The molecule has 3 nitrogen and oxygen atoms in total. The van der Waals surface area contributed by atoms with Crippen LogP contribution in [0.1, 0.15) is 18.5 Å². The number of para-hydroxylation sites is 1. The Bertz CT molecular complexity index is 404. The topological polar surface area (TPSA) is 38.3 Å². The Morgan fingerprint density at radius 2 is 1.94 bits per heavy atom. The highest BCUT2D eigenvalue weighted by atomic mass is 19.4. The minimum absolute atomic E-state index is 0.433. The van der Waals surface area contributed by atoms with Crippen molar-refractivity contribution < 1.29 is 22.7 Å². The van der Waals surface area contributed by atoms with E-state index in [4.69, 9.17) is 4.74 Å². The minimum Gasteiger partial charge on any atom is -0.496 e. The average Bonchev–Trinajstić information content (AvgIpc) is 2.27. The fourth-order valence-corrected chi connectivity index (χ4v) is 1.38. The Hall–Kier alpha value is -1.72. The lowest BCUT2D eigenvalue weighted by Gasteiger charge is -2.17. The number of alkyl halides is 3. The van der Waals surface area contributed by atoms with E-state index in [1.807, 2.05) is 5.32 Å². The first kappa shape index (κ1) is 13.3. The number of hydrogen-bond donors (Lipinski definition) is 1. The number of benzene rings is 1. The second-order valence-corrected chi connectivity index (χ2v) is 3.43. The van der Waals surface area contributed by atoms with Gasteiger partial charge in [0.05, 0.1) is 13.2 Å². The summed E-state index contributed by atoms with van der Waals surface area (Å²) in [4.78, 5) is 10.8. The zero-order valence-corrected chi connectivity index (χ0v) is 9.34. The van der Waals surface area contributed by atoms with Crippen LogP contribution in [0, 0.1) is 0 Å². The van der Waals surface area contributed by atoms with Gasteiger partial charge in [0.1, 0.15) is 5.75 Å². The first-order chi connectivity index (χ1) is 7.86. The van der Waals surface area contributed by atoms with Gasteiger partial charge in [-0.3, -0.25) is 4.79 Å². The molecule has 0 aliphatic rings. The van der Waals surface area contributed by atoms with Crippen LogP contribution in [0.3, 0.4) is 0 Å². The molecule has 0 aliphatic carbocycles. The second-order valence-electron chi connectivity index (χ2n) is 3.43. The SMILES string of the molecule is COc1ccccc1[C@@H](C)NC(=O)C(F)(F)F. The summed E-state index contributed by atoms with van der Waals surface area (Å²) in [5.41, 5.74) is 0.493. The van der Waals surface area contributed by atoms with Crippen molar-refractivity contribution in [2.45, 2.75) is 19.1 Å². The number of halogens is 3. The zero-order valence-electron chi connectivity index (χ0n) is 9.34. The van der Waals surface area contributed by atoms with Gasteiger partial charge in [0.25, 0.3) is 0 Å². The van der Waals surface area contributed by atoms with Gasteiger partial charge in [0.15, 0.2) is 0 Å². The molecule has 0 heterocycles. The molecule has 0 fully saturated rings. The molecule has 0 saturated carbocycles. The van der Waals surface area contributed by atoms with Gasteiger partial charge in [-0.1, -0.05) is 18.2 Å². The third kappa shape index (κ3) is 3.37. The molecule has 1 amide bonds. The van der Waals surface area contributed by atoms with Gasteiger partial charge in [-0.05, 0) is 13.0 Å². The first-order valence-electron chi connectivity index (χ1n) is 4.87. The average molecular weight is 247 g/mol. The maximum Gasteiger partial charge on any atom is 0.471 e. The van der Waals surface area contributed by atoms with E-state index in [9.17, 15) is 18.0 Å². The Morgan fingerprint density at radius 3 is 2.47 bits per heavy atom. The van der Waals surface area contributed by atoms with Crippen LogP contribution in [-0.2, 0) is 4.79 Å². The quantitative estimate of drug-likeness (QED) is 0.890. The van der Waals surface area contributed by atoms with Crippen LogP contribution in [0.4, 0.5) is 13.2 Å². The van der Waals surface area contributed by atoms with Gasteiger partial charge in [-0.25, -0.2) is 0 Å². The van der Waals surface area contributed by atoms with Crippen LogP contribution in [0.5, 0.6) is 5.75 Å². The molecule has 1 aromatic carbocycles. The third-order valence-electron chi connectivity index (χ3n) is 2.21. The number of nitrogens with one attached hydrogen (secondary N) is 1. The van der Waals surface area contributed by atoms with Crippen LogP contribution >= 0.6 is 0 Å². The van der Waals surface area contributed by atoms with Crippen molar-refractivity contribution >= 4 is 5.91 Å². The van der Waals surface area contributed by atoms with Gasteiger partial charge in [0, 0.05) is 5.56 Å². The summed E-state index contributed by atoms with van der Waals surface area (Å²) in [5, 5.41) is 1.87. The smallest absolute Gasteiger partial charge is 0.471 e. The van der Waals surface area contributed by atoms with Crippen molar-refractivity contribution in [2.75, 3.05) is 7.11 Å². The van der Waals surface area contributed by atoms with Crippen LogP contribution < -0.4 is 10.1 Å². The summed E-state index contributed by atoms with van der Waals surface area (Å²) in [6.45, 7) is 1.46. The van der Waals surface area contributed by atoms with E-state index in [2.05, 4.69) is 0 Å². The van der Waals surface area contributed by atoms with Crippen LogP contribution in [-0.4, -0.2) is 19.2 Å². The number of ether oxygens (including phenoxy) is 1. The minimum atomic E-state index is -4.88. The Balaban J connectivity index is 2.83. The number of rotatable bonds is 3. The summed E-state index contributed by atoms with van der Waals surface area (Å²) >= 11 is 0. The number of methoxy groups -OCH3 is 1. The first-order valence-corrected chi connectivity index (χ1v) is 4.87. The molecule has 0 saturated heterocycles. The fraction of sp³-hybridized carbons (Fsp3) is 0.364. The summed E-state index contributed by atoms with van der Waals surface area (Å²) in [7, 11) is 1.41. The Labute approximate surface area is 96.6 Å². The highest BCUT2D eigenvalue weighted by Gasteiger charge is 2.39. The van der Waals surface area contributed by atoms with Crippen molar-refractivity contribution in [1.29, 1.82) is 0 Å². The molecule has 0 unspecified atom stereocenters. The van der Waals surface area contributed by atoms with Crippen molar-refractivity contribution in [3.63, 3.8) is 0 Å². The molecule has 17 heavy (non-hydrogen) atoms. The summed E-state index contributed by atoms with van der Waals surface area (Å²) in [5.74, 6) is -1.53. The van der Waals surface area contributed by atoms with E-state index in [-0.39, 0.29) is 0 Å². The van der Waals surface area contributed by atoms with E-state index in [1.54, 1.807) is 24.3 Å². The molecule has 6 heteroatoms. The molecule has 1 N–H and O–H groups in total. The van der Waals surface area contributed by atoms with E-state index >= 15 is 0 Å². The maximum absolute atomic E-state index is 12.1. The van der Waals surface area contributed by atoms with Crippen LogP contribution in [0.2, 0.25) is 0 Å². The predicted octanol–water partition coefficient (Wildman–Crippen LogP) is 2.43. The van der Waals surface area contributed by atoms with Crippen molar-refractivity contribution in [1.82, 2.24) is 5.32 Å². The van der Waals surface area contributed by atoms with Crippen LogP contribution in [0.15, 0.2) is 24.3 Å². The molecule has 0 spiro atoms. The number of carbonyl (C=O) groups excluding carboxylic acids is 1. The molecular weight excluding hydrogens is 235 g/mol. The highest BCUT2D eigenvalue weighted by molar-refractivity contribution is 5.82. The monoisotopic (exact) mass is 247 g/mol. The summed E-state index contributed by atoms with van der Waals surface area (Å²) in [6.07, 6.45) is -4.88. The van der Waals surface area contributed by atoms with Crippen molar-refractivity contribution in [3.05, 3.63) is 29.8 Å². The third-order valence-corrected chi connectivity index (χ3v) is 2.21. The van der Waals surface area contributed by atoms with E-state index in [0.717, 1.165) is 0 Å². The molecule has 1 aromatic rings. The van der Waals surface area contributed by atoms with Gasteiger partial charge in [-0.15, -0.1) is 0 Å². The predicted molar refractivity (Wildman–Crippen MR) is 55.6 cm³/mol. The molecule has 1 rings (SSSR count). The molecule has 1 atom stereocenters. The number of hydrogen-bond acceptors (Lipinski definition) is 2. The van der Waals surface area contributed by atoms with Gasteiger partial charge in [0.2, 0.25) is 0 Å². The zero-order chi connectivity index (χ0) is 13.1. The standard InChI is InChI=1S/C11H12F3NO2/c1-7(15-10(16)11(12,13)14)8-5-3-4-6-9(8)17-2/h3-7H,1-2H3,(H,15,16)/t7-/m1/s1. The van der Waals surface area contributed by atoms with Gasteiger partial charge < -0.3 is 10.1 Å². The van der Waals surface area contributed by atoms with Crippen LogP contribution in [0.25, 0.3) is 0 Å². The Kier molecular flexibility index (Phi) is 3.98. The second kappa shape index (κ2) is 5.07. The molecule has 0 radical (unpaired) electrons. The number of amides is 1. The van der Waals surface area contributed by atoms with Crippen molar-refractivity contribution in [3.8, 4) is 5.75 Å². The fourth-order valence-electron chi connectivity index (χ4n) is 1.38. The Morgan fingerprint density at radius 1 is 1.35 bits per heavy atom. The van der Waals surface area contributed by atoms with Gasteiger partial charge in [-0.2, -0.15) is 13.2 Å². The highest BCUT2D eigenvalue weighted by Crippen LogP contribution is 2.25. The molecule has 0 aliphatic heterocycles. The van der Waals surface area contributed by atoms with Crippen molar-refractivity contribution in [2.24, 2.45) is 0 Å². The van der Waals surface area contributed by atoms with E-state index < -0.39 is 18.1 Å². The lowest BCUT2D eigenvalue weighted by molar-refractivity contribution is -0.174. The number of carbonyl (C=O) groups is 1. The van der Waals surface area contributed by atoms with Gasteiger partial charge >= 0.3 is 12.1 Å². The normalized spacial score (nSPS) is 13.0. The van der Waals surface area contributed by atoms with E-state index in [1.165, 1.54) is 14.0 Å². The molecular formula is C11H12F3NO2. The molecule has 0 bridgehead atoms. The molecule has 0 aromatic heterocycles. The lowest BCUT2D eigenvalue weighted by Crippen LogP contribution is -2.38. The molecule has 94 valence electrons. The summed E-state index contributed by atoms with van der Waals surface area (Å²) < 4.78 is 41.2. The summed E-state index contributed by atoms with van der Waals surface area (Å²) in [6, 6.07) is 5.79. The van der Waals surface area contributed by atoms with E-state index in [0.29, 0.717) is 11.3 Å². The largest absolute Gasteiger partial charge is 0.496 e. The maximum atomic E-state index is 12.1.